The molecule has 0 aliphatic heterocycles. The van der Waals surface area contributed by atoms with Gasteiger partial charge in [-0.3, -0.25) is 0 Å². The van der Waals surface area contributed by atoms with E-state index in [2.05, 4.69) is 170 Å². The van der Waals surface area contributed by atoms with Crippen LogP contribution in [0, 0.1) is 0 Å². The van der Waals surface area contributed by atoms with Gasteiger partial charge in [-0.2, -0.15) is 0 Å². The van der Waals surface area contributed by atoms with E-state index >= 15 is 0 Å². The third-order valence-electron chi connectivity index (χ3n) is 12.6. The fraction of sp³-hybridized carbons (Fsp3) is 0.0182. The second-order valence-electron chi connectivity index (χ2n) is 15.4. The van der Waals surface area contributed by atoms with Crippen LogP contribution >= 0.6 is 0 Å². The summed E-state index contributed by atoms with van der Waals surface area (Å²) in [6.45, 7) is 0. The summed E-state index contributed by atoms with van der Waals surface area (Å²) in [5, 5.41) is 6.55. The van der Waals surface area contributed by atoms with Crippen molar-refractivity contribution in [3.63, 3.8) is 0 Å². The van der Waals surface area contributed by atoms with Gasteiger partial charge in [-0.05, 0) is 51.6 Å². The Morgan fingerprint density at radius 2 is 0.707 bits per heavy atom. The predicted molar refractivity (Wildman–Crippen MR) is 236 cm³/mol. The first kappa shape index (κ1) is 31.6. The molecule has 0 bridgehead atoms. The summed E-state index contributed by atoms with van der Waals surface area (Å²) in [6, 6.07) is 69.5. The minimum atomic E-state index is -0.685. The largest absolute Gasteiger partial charge is 0.455 e. The van der Waals surface area contributed by atoms with E-state index in [1.54, 1.807) is 0 Å². The molecule has 0 atom stereocenters. The molecule has 0 saturated heterocycles. The fourth-order valence-corrected chi connectivity index (χ4v) is 10.2. The van der Waals surface area contributed by atoms with Crippen LogP contribution in [0.5, 0.6) is 0 Å². The first-order chi connectivity index (χ1) is 28.8. The Bertz CT molecular complexity index is 3580. The van der Waals surface area contributed by atoms with Crippen LogP contribution in [0.1, 0.15) is 22.3 Å². The summed E-state index contributed by atoms with van der Waals surface area (Å²) < 4.78 is 20.9. The molecule has 0 N–H and O–H groups in total. The zero-order valence-electron chi connectivity index (χ0n) is 31.2. The van der Waals surface area contributed by atoms with Crippen LogP contribution in [0.4, 0.5) is 0 Å². The first-order valence-corrected chi connectivity index (χ1v) is 19.8. The highest BCUT2D eigenvalue weighted by Crippen LogP contribution is 2.58. The van der Waals surface area contributed by atoms with Gasteiger partial charge >= 0.3 is 0 Å². The minimum Gasteiger partial charge on any atom is -0.455 e. The molecule has 1 aliphatic rings. The Labute approximate surface area is 333 Å². The Morgan fingerprint density at radius 3 is 1.33 bits per heavy atom. The SMILES string of the molecule is c1ccc(C2(c3ccccc3)c3ccccc3-c3ccc(-c4cccc5c4oc4ccccc45)c4oc5c(-c6cccc7c6oc6ccccc67)ccc2c5c34)cc1. The predicted octanol–water partition coefficient (Wildman–Crippen LogP) is 15.1. The summed E-state index contributed by atoms with van der Waals surface area (Å²) in [7, 11) is 0. The van der Waals surface area contributed by atoms with Gasteiger partial charge in [0.1, 0.15) is 33.5 Å². The van der Waals surface area contributed by atoms with Crippen LogP contribution in [0.3, 0.4) is 0 Å². The van der Waals surface area contributed by atoms with Crippen molar-refractivity contribution in [1.82, 2.24) is 0 Å². The lowest BCUT2D eigenvalue weighted by Crippen LogP contribution is -2.31. The van der Waals surface area contributed by atoms with Crippen LogP contribution in [0.25, 0.3) is 99.2 Å². The molecular formula is C55H32O3. The molecule has 0 spiro atoms. The number of fused-ring (bicyclic) bond motifs is 8. The number of rotatable bonds is 4. The van der Waals surface area contributed by atoms with Crippen LogP contribution in [-0.2, 0) is 5.41 Å². The van der Waals surface area contributed by atoms with Gasteiger partial charge < -0.3 is 13.3 Å². The van der Waals surface area contributed by atoms with E-state index in [-0.39, 0.29) is 0 Å². The van der Waals surface area contributed by atoms with Crippen molar-refractivity contribution >= 4 is 65.8 Å². The summed E-state index contributed by atoms with van der Waals surface area (Å²) in [6.07, 6.45) is 0. The van der Waals surface area contributed by atoms with Crippen LogP contribution in [0.2, 0.25) is 0 Å². The van der Waals surface area contributed by atoms with Gasteiger partial charge in [0.15, 0.2) is 0 Å². The monoisotopic (exact) mass is 740 g/mol. The molecule has 0 saturated carbocycles. The molecule has 58 heavy (non-hydrogen) atoms. The fourth-order valence-electron chi connectivity index (χ4n) is 10.2. The smallest absolute Gasteiger partial charge is 0.144 e. The molecule has 3 heteroatoms. The second kappa shape index (κ2) is 11.7. The van der Waals surface area contributed by atoms with Crippen molar-refractivity contribution < 1.29 is 13.3 Å². The molecule has 1 aliphatic carbocycles. The van der Waals surface area contributed by atoms with Gasteiger partial charge in [0.2, 0.25) is 0 Å². The minimum absolute atomic E-state index is 0.685. The third kappa shape index (κ3) is 4.07. The van der Waals surface area contributed by atoms with Crippen molar-refractivity contribution in [2.45, 2.75) is 5.41 Å². The Kier molecular flexibility index (Phi) is 6.37. The lowest BCUT2D eigenvalue weighted by atomic mass is 9.63. The highest BCUT2D eigenvalue weighted by molar-refractivity contribution is 6.24. The summed E-state index contributed by atoms with van der Waals surface area (Å²) in [5.41, 5.74) is 15.5. The zero-order chi connectivity index (χ0) is 38.0. The van der Waals surface area contributed by atoms with E-state index in [0.717, 1.165) is 93.6 Å². The zero-order valence-corrected chi connectivity index (χ0v) is 31.2. The molecule has 3 aromatic heterocycles. The number of para-hydroxylation sites is 4. The molecule has 0 amide bonds. The number of furan rings is 3. The molecule has 0 fully saturated rings. The summed E-state index contributed by atoms with van der Waals surface area (Å²) in [5.74, 6) is 0. The van der Waals surface area contributed by atoms with Crippen LogP contribution in [-0.4, -0.2) is 0 Å². The Morgan fingerprint density at radius 1 is 0.259 bits per heavy atom. The topological polar surface area (TPSA) is 39.4 Å². The molecular weight excluding hydrogens is 709 g/mol. The molecule has 0 radical (unpaired) electrons. The van der Waals surface area contributed by atoms with Crippen LogP contribution < -0.4 is 0 Å². The quantitative estimate of drug-likeness (QED) is 0.180. The van der Waals surface area contributed by atoms with E-state index in [9.17, 15) is 0 Å². The van der Waals surface area contributed by atoms with Crippen molar-refractivity contribution in [2.24, 2.45) is 0 Å². The van der Waals surface area contributed by atoms with Gasteiger partial charge in [-0.1, -0.05) is 176 Å². The maximum atomic E-state index is 7.52. The maximum Gasteiger partial charge on any atom is 0.144 e. The highest BCUT2D eigenvalue weighted by atomic mass is 16.3. The lowest BCUT2D eigenvalue weighted by molar-refractivity contribution is 0.662. The first-order valence-electron chi connectivity index (χ1n) is 19.8. The van der Waals surface area contributed by atoms with E-state index in [4.69, 9.17) is 13.3 Å². The second-order valence-corrected chi connectivity index (χ2v) is 15.4. The third-order valence-corrected chi connectivity index (χ3v) is 12.6. The molecule has 3 nitrogen and oxygen atoms in total. The number of benzene rings is 9. The van der Waals surface area contributed by atoms with Gasteiger partial charge in [-0.15, -0.1) is 0 Å². The standard InChI is InChI=1S/C55H32O3/c1-3-15-33(16-4-1)55(34-17-5-2-6-18-34)45-26-10-7-19-35(45)38-29-30-43(41-24-13-22-39-36-20-8-11-27-47(36)56-51(39)41)53-49(38)50-46(55)32-31-44(54(50)58-53)42-25-14-23-40-37-21-9-12-28-48(37)57-52(40)42/h1-32H. The van der Waals surface area contributed by atoms with Crippen molar-refractivity contribution in [3.8, 4) is 33.4 Å². The van der Waals surface area contributed by atoms with Crippen molar-refractivity contribution in [2.75, 3.05) is 0 Å². The normalized spacial score (nSPS) is 13.3. The number of hydrogen-bond donors (Lipinski definition) is 0. The Hall–Kier alpha value is -7.62. The summed E-state index contributed by atoms with van der Waals surface area (Å²) >= 11 is 0. The van der Waals surface area contributed by atoms with E-state index in [0.29, 0.717) is 0 Å². The molecule has 9 aromatic carbocycles. The molecule has 270 valence electrons. The number of hydrogen-bond acceptors (Lipinski definition) is 3. The van der Waals surface area contributed by atoms with E-state index < -0.39 is 5.41 Å². The molecule has 13 rings (SSSR count). The summed E-state index contributed by atoms with van der Waals surface area (Å²) in [4.78, 5) is 0. The van der Waals surface area contributed by atoms with Gasteiger partial charge in [0.05, 0.1) is 5.41 Å². The Balaban J connectivity index is 1.24. The highest BCUT2D eigenvalue weighted by Gasteiger charge is 2.44. The van der Waals surface area contributed by atoms with Crippen molar-refractivity contribution in [3.05, 3.63) is 216 Å². The van der Waals surface area contributed by atoms with E-state index in [1.165, 1.54) is 27.8 Å². The van der Waals surface area contributed by atoms with Crippen molar-refractivity contribution in [1.29, 1.82) is 0 Å². The maximum absolute atomic E-state index is 7.52. The van der Waals surface area contributed by atoms with Gasteiger partial charge in [0.25, 0.3) is 0 Å². The average Bonchev–Trinajstić information content (AvgIpc) is 3.98. The average molecular weight is 741 g/mol. The molecule has 0 unspecified atom stereocenters. The van der Waals surface area contributed by atoms with Gasteiger partial charge in [-0.25, -0.2) is 0 Å². The van der Waals surface area contributed by atoms with E-state index in [1.807, 2.05) is 24.3 Å². The molecule has 12 aromatic rings. The van der Waals surface area contributed by atoms with Gasteiger partial charge in [0, 0.05) is 54.6 Å². The van der Waals surface area contributed by atoms with Crippen LogP contribution in [0.15, 0.2) is 207 Å². The lowest BCUT2D eigenvalue weighted by Gasteiger charge is -2.37. The molecule has 3 heterocycles.